The third-order valence-corrected chi connectivity index (χ3v) is 4.26. The first-order valence-electron chi connectivity index (χ1n) is 6.08. The molecule has 2 aliphatic rings. The third kappa shape index (κ3) is 1.22. The topological polar surface area (TPSA) is 29.1 Å². The number of nitrogens with one attached hydrogen (secondary N) is 1. The van der Waals surface area contributed by atoms with Gasteiger partial charge in [-0.25, -0.2) is 0 Å². The molecule has 16 heavy (non-hydrogen) atoms. The molecule has 2 aliphatic carbocycles. The summed E-state index contributed by atoms with van der Waals surface area (Å²) in [6.45, 7) is 0. The molecule has 84 valence electrons. The van der Waals surface area contributed by atoms with Crippen LogP contribution in [0.5, 0.6) is 0 Å². The Balaban J connectivity index is 1.98. The van der Waals surface area contributed by atoms with Crippen LogP contribution in [0.15, 0.2) is 24.3 Å². The van der Waals surface area contributed by atoms with Gasteiger partial charge in [0.25, 0.3) is 0 Å². The van der Waals surface area contributed by atoms with Crippen LogP contribution < -0.4 is 5.32 Å². The molecular weight excluding hydrogens is 198 g/mol. The molecule has 1 saturated carbocycles. The van der Waals surface area contributed by atoms with Gasteiger partial charge >= 0.3 is 0 Å². The van der Waals surface area contributed by atoms with Gasteiger partial charge in [-0.15, -0.1) is 0 Å². The van der Waals surface area contributed by atoms with Gasteiger partial charge in [-0.1, -0.05) is 24.3 Å². The SMILES string of the molecule is CNC(=O)[C@H]1C[C@]12CCCc1ccccc12. The van der Waals surface area contributed by atoms with Crippen molar-refractivity contribution in [3.05, 3.63) is 35.4 Å². The predicted octanol–water partition coefficient (Wildman–Crippen LogP) is 2.03. The lowest BCUT2D eigenvalue weighted by Crippen LogP contribution is -2.27. The standard InChI is InChI=1S/C14H17NO/c1-15-13(16)12-9-14(12)8-4-6-10-5-2-3-7-11(10)14/h2-3,5,7,12H,4,6,8-9H2,1H3,(H,15,16)/t12-,14+/m1/s1. The van der Waals surface area contributed by atoms with Gasteiger partial charge in [-0.2, -0.15) is 0 Å². The molecule has 0 aliphatic heterocycles. The van der Waals surface area contributed by atoms with Gasteiger partial charge in [0.2, 0.25) is 5.91 Å². The second-order valence-electron chi connectivity index (χ2n) is 5.04. The highest BCUT2D eigenvalue weighted by molar-refractivity contribution is 5.84. The van der Waals surface area contributed by atoms with E-state index in [1.807, 2.05) is 0 Å². The minimum absolute atomic E-state index is 0.189. The summed E-state index contributed by atoms with van der Waals surface area (Å²) < 4.78 is 0. The molecule has 0 aromatic heterocycles. The molecule has 0 radical (unpaired) electrons. The van der Waals surface area contributed by atoms with Crippen molar-refractivity contribution in [1.29, 1.82) is 0 Å². The van der Waals surface area contributed by atoms with Crippen molar-refractivity contribution in [2.75, 3.05) is 7.05 Å². The molecule has 0 saturated heterocycles. The number of amides is 1. The molecule has 1 aromatic carbocycles. The molecule has 1 N–H and O–H groups in total. The normalized spacial score (nSPS) is 30.9. The number of carbonyl (C=O) groups excluding carboxylic acids is 1. The van der Waals surface area contributed by atoms with E-state index in [4.69, 9.17) is 0 Å². The predicted molar refractivity (Wildman–Crippen MR) is 63.2 cm³/mol. The van der Waals surface area contributed by atoms with E-state index >= 15 is 0 Å². The summed E-state index contributed by atoms with van der Waals surface area (Å²) in [6, 6.07) is 8.65. The highest BCUT2D eigenvalue weighted by atomic mass is 16.2. The molecule has 1 amide bonds. The van der Waals surface area contributed by atoms with Gasteiger partial charge in [-0.05, 0) is 36.8 Å². The molecule has 3 rings (SSSR count). The molecule has 1 fully saturated rings. The van der Waals surface area contributed by atoms with E-state index in [1.165, 1.54) is 30.4 Å². The largest absolute Gasteiger partial charge is 0.359 e. The van der Waals surface area contributed by atoms with E-state index in [2.05, 4.69) is 29.6 Å². The molecule has 0 bridgehead atoms. The Labute approximate surface area is 96.1 Å². The average Bonchev–Trinajstić information content (AvgIpc) is 3.04. The number of carbonyl (C=O) groups is 1. The number of rotatable bonds is 1. The summed E-state index contributed by atoms with van der Waals surface area (Å²) in [5, 5.41) is 2.79. The van der Waals surface area contributed by atoms with Crippen LogP contribution >= 0.6 is 0 Å². The van der Waals surface area contributed by atoms with Crippen molar-refractivity contribution in [1.82, 2.24) is 5.32 Å². The van der Waals surface area contributed by atoms with Gasteiger partial charge < -0.3 is 5.32 Å². The van der Waals surface area contributed by atoms with Crippen LogP contribution in [0.3, 0.4) is 0 Å². The maximum atomic E-state index is 11.7. The fourth-order valence-electron chi connectivity index (χ4n) is 3.35. The summed E-state index contributed by atoms with van der Waals surface area (Å²) in [4.78, 5) is 11.7. The molecule has 0 unspecified atom stereocenters. The summed E-state index contributed by atoms with van der Waals surface area (Å²) in [5.41, 5.74) is 3.09. The van der Waals surface area contributed by atoms with Crippen LogP contribution in [0.1, 0.15) is 30.4 Å². The summed E-state index contributed by atoms with van der Waals surface area (Å²) in [5.74, 6) is 0.440. The highest BCUT2D eigenvalue weighted by Crippen LogP contribution is 2.60. The Morgan fingerprint density at radius 1 is 1.44 bits per heavy atom. The number of fused-ring (bicyclic) bond motifs is 2. The zero-order valence-electron chi connectivity index (χ0n) is 9.62. The van der Waals surface area contributed by atoms with Crippen molar-refractivity contribution in [2.45, 2.75) is 31.1 Å². The molecule has 1 aromatic rings. The van der Waals surface area contributed by atoms with Crippen molar-refractivity contribution in [3.63, 3.8) is 0 Å². The molecule has 2 heteroatoms. The minimum Gasteiger partial charge on any atom is -0.359 e. The van der Waals surface area contributed by atoms with Crippen LogP contribution in [0, 0.1) is 5.92 Å². The van der Waals surface area contributed by atoms with E-state index in [0.717, 1.165) is 6.42 Å². The van der Waals surface area contributed by atoms with Crippen molar-refractivity contribution in [3.8, 4) is 0 Å². The summed E-state index contributed by atoms with van der Waals surface area (Å²) in [7, 11) is 1.74. The second-order valence-corrected chi connectivity index (χ2v) is 5.04. The van der Waals surface area contributed by atoms with Gasteiger partial charge in [0, 0.05) is 18.4 Å². The van der Waals surface area contributed by atoms with Crippen LogP contribution in [0.2, 0.25) is 0 Å². The molecular formula is C14H17NO. The van der Waals surface area contributed by atoms with Crippen molar-refractivity contribution in [2.24, 2.45) is 5.92 Å². The fourth-order valence-corrected chi connectivity index (χ4v) is 3.35. The first kappa shape index (κ1) is 9.88. The second kappa shape index (κ2) is 3.34. The van der Waals surface area contributed by atoms with E-state index in [9.17, 15) is 4.79 Å². The van der Waals surface area contributed by atoms with Crippen LogP contribution in [-0.4, -0.2) is 13.0 Å². The monoisotopic (exact) mass is 215 g/mol. The number of hydrogen-bond donors (Lipinski definition) is 1. The quantitative estimate of drug-likeness (QED) is 0.763. The zero-order chi connectivity index (χ0) is 11.2. The molecule has 0 heterocycles. The lowest BCUT2D eigenvalue weighted by molar-refractivity contribution is -0.122. The Bertz CT molecular complexity index is 440. The summed E-state index contributed by atoms with van der Waals surface area (Å²) in [6.07, 6.45) is 4.63. The zero-order valence-corrected chi connectivity index (χ0v) is 9.62. The number of aryl methyl sites for hydroxylation is 1. The van der Waals surface area contributed by atoms with Crippen molar-refractivity contribution < 1.29 is 4.79 Å². The van der Waals surface area contributed by atoms with E-state index in [1.54, 1.807) is 7.05 Å². The smallest absolute Gasteiger partial charge is 0.223 e. The van der Waals surface area contributed by atoms with Crippen LogP contribution in [0.4, 0.5) is 0 Å². The number of benzene rings is 1. The Morgan fingerprint density at radius 2 is 2.25 bits per heavy atom. The lowest BCUT2D eigenvalue weighted by atomic mass is 9.78. The van der Waals surface area contributed by atoms with Crippen LogP contribution in [0.25, 0.3) is 0 Å². The highest BCUT2D eigenvalue weighted by Gasteiger charge is 2.59. The lowest BCUT2D eigenvalue weighted by Gasteiger charge is -2.26. The fraction of sp³-hybridized carbons (Fsp3) is 0.500. The summed E-state index contributed by atoms with van der Waals surface area (Å²) >= 11 is 0. The van der Waals surface area contributed by atoms with Gasteiger partial charge in [0.1, 0.15) is 0 Å². The van der Waals surface area contributed by atoms with E-state index in [-0.39, 0.29) is 17.2 Å². The first-order valence-corrected chi connectivity index (χ1v) is 6.08. The van der Waals surface area contributed by atoms with E-state index in [0.29, 0.717) is 0 Å². The van der Waals surface area contributed by atoms with Crippen LogP contribution in [-0.2, 0) is 16.6 Å². The van der Waals surface area contributed by atoms with Crippen molar-refractivity contribution >= 4 is 5.91 Å². The number of hydrogen-bond acceptors (Lipinski definition) is 1. The Morgan fingerprint density at radius 3 is 3.06 bits per heavy atom. The Kier molecular flexibility index (Phi) is 2.06. The average molecular weight is 215 g/mol. The maximum absolute atomic E-state index is 11.7. The minimum atomic E-state index is 0.189. The molecule has 2 nitrogen and oxygen atoms in total. The maximum Gasteiger partial charge on any atom is 0.223 e. The van der Waals surface area contributed by atoms with Gasteiger partial charge in [0.05, 0.1) is 0 Å². The van der Waals surface area contributed by atoms with Gasteiger partial charge in [0.15, 0.2) is 0 Å². The van der Waals surface area contributed by atoms with Gasteiger partial charge in [-0.3, -0.25) is 4.79 Å². The Hall–Kier alpha value is -1.31. The molecule has 2 atom stereocenters. The first-order chi connectivity index (χ1) is 7.78. The molecule has 1 spiro atoms. The van der Waals surface area contributed by atoms with E-state index < -0.39 is 0 Å². The third-order valence-electron chi connectivity index (χ3n) is 4.26.